The summed E-state index contributed by atoms with van der Waals surface area (Å²) in [5.74, 6) is 0.346. The Morgan fingerprint density at radius 1 is 1.20 bits per heavy atom. The first-order valence-corrected chi connectivity index (χ1v) is 6.85. The zero-order valence-corrected chi connectivity index (χ0v) is 11.8. The first-order valence-electron chi connectivity index (χ1n) is 6.85. The number of nitrogens with zero attached hydrogens (tertiary/aromatic N) is 1. The minimum absolute atomic E-state index is 0.111. The number of hydrogen-bond acceptors (Lipinski definition) is 3. The van der Waals surface area contributed by atoms with Crippen LogP contribution in [-0.4, -0.2) is 11.6 Å². The van der Waals surface area contributed by atoms with Crippen molar-refractivity contribution in [2.45, 2.75) is 26.3 Å². The Balaban J connectivity index is 2.25. The van der Waals surface area contributed by atoms with Gasteiger partial charge < -0.3 is 10.1 Å². The molecule has 4 heteroatoms. The minimum Gasteiger partial charge on any atom is -0.476 e. The van der Waals surface area contributed by atoms with Gasteiger partial charge in [-0.1, -0.05) is 25.1 Å². The molecule has 0 aliphatic heterocycles. The van der Waals surface area contributed by atoms with Crippen LogP contribution in [0.15, 0.2) is 42.6 Å². The Labute approximate surface area is 118 Å². The number of aromatic nitrogens is 1. The van der Waals surface area contributed by atoms with Gasteiger partial charge in [-0.25, -0.2) is 9.37 Å². The normalized spacial score (nSPS) is 11.9. The average molecular weight is 274 g/mol. The second-order valence-electron chi connectivity index (χ2n) is 4.42. The number of nitrogens with one attached hydrogen (secondary N) is 1. The quantitative estimate of drug-likeness (QED) is 0.858. The summed E-state index contributed by atoms with van der Waals surface area (Å²) < 4.78 is 19.4. The van der Waals surface area contributed by atoms with Crippen molar-refractivity contribution in [1.29, 1.82) is 0 Å². The Morgan fingerprint density at radius 2 is 2.00 bits per heavy atom. The smallest absolute Gasteiger partial charge is 0.237 e. The SMILES string of the molecule is CCOc1ncccc1NC(CC)c1ccccc1F. The molecule has 1 unspecified atom stereocenters. The fourth-order valence-electron chi connectivity index (χ4n) is 2.10. The summed E-state index contributed by atoms with van der Waals surface area (Å²) in [4.78, 5) is 4.19. The molecule has 0 radical (unpaired) electrons. The monoisotopic (exact) mass is 274 g/mol. The van der Waals surface area contributed by atoms with Gasteiger partial charge in [0.25, 0.3) is 0 Å². The lowest BCUT2D eigenvalue weighted by atomic mass is 10.0. The van der Waals surface area contributed by atoms with E-state index in [-0.39, 0.29) is 11.9 Å². The number of benzene rings is 1. The molecule has 1 N–H and O–H groups in total. The molecule has 1 atom stereocenters. The second kappa shape index (κ2) is 6.89. The fraction of sp³-hybridized carbons (Fsp3) is 0.312. The van der Waals surface area contributed by atoms with Crippen molar-refractivity contribution in [3.8, 4) is 5.88 Å². The molecule has 0 aliphatic rings. The van der Waals surface area contributed by atoms with Gasteiger partial charge in [-0.3, -0.25) is 0 Å². The first kappa shape index (κ1) is 14.3. The molecule has 0 saturated carbocycles. The number of pyridine rings is 1. The van der Waals surface area contributed by atoms with E-state index in [1.807, 2.05) is 32.0 Å². The molecule has 0 bridgehead atoms. The highest BCUT2D eigenvalue weighted by molar-refractivity contribution is 5.53. The van der Waals surface area contributed by atoms with Crippen LogP contribution < -0.4 is 10.1 Å². The summed E-state index contributed by atoms with van der Waals surface area (Å²) in [6.07, 6.45) is 2.45. The van der Waals surface area contributed by atoms with Crippen molar-refractivity contribution in [1.82, 2.24) is 4.98 Å². The van der Waals surface area contributed by atoms with E-state index in [9.17, 15) is 4.39 Å². The summed E-state index contributed by atoms with van der Waals surface area (Å²) in [5.41, 5.74) is 1.44. The summed E-state index contributed by atoms with van der Waals surface area (Å²) in [6, 6.07) is 10.4. The predicted octanol–water partition coefficient (Wildman–Crippen LogP) is 4.18. The molecule has 0 spiro atoms. The van der Waals surface area contributed by atoms with E-state index in [1.165, 1.54) is 6.07 Å². The topological polar surface area (TPSA) is 34.1 Å². The van der Waals surface area contributed by atoms with Crippen LogP contribution in [0.3, 0.4) is 0 Å². The Morgan fingerprint density at radius 3 is 2.70 bits per heavy atom. The molecular formula is C16H19FN2O. The predicted molar refractivity (Wildman–Crippen MR) is 78.5 cm³/mol. The number of halogens is 1. The third-order valence-corrected chi connectivity index (χ3v) is 3.07. The van der Waals surface area contributed by atoms with Gasteiger partial charge in [-0.15, -0.1) is 0 Å². The lowest BCUT2D eigenvalue weighted by Gasteiger charge is -2.20. The Bertz CT molecular complexity index is 560. The third-order valence-electron chi connectivity index (χ3n) is 3.07. The van der Waals surface area contributed by atoms with Gasteiger partial charge in [0.15, 0.2) is 0 Å². The van der Waals surface area contributed by atoms with Crippen LogP contribution >= 0.6 is 0 Å². The molecule has 3 nitrogen and oxygen atoms in total. The summed E-state index contributed by atoms with van der Waals surface area (Å²) in [7, 11) is 0. The number of anilines is 1. The van der Waals surface area contributed by atoms with Gasteiger partial charge in [-0.2, -0.15) is 0 Å². The molecule has 0 aliphatic carbocycles. The standard InChI is InChI=1S/C16H19FN2O/c1-3-14(12-8-5-6-9-13(12)17)19-15-10-7-11-18-16(15)20-4-2/h5-11,14,19H,3-4H2,1-2H3. The maximum absolute atomic E-state index is 13.9. The maximum atomic E-state index is 13.9. The molecule has 1 heterocycles. The van der Waals surface area contributed by atoms with E-state index in [0.717, 1.165) is 12.1 Å². The zero-order valence-electron chi connectivity index (χ0n) is 11.8. The van der Waals surface area contributed by atoms with Crippen LogP contribution in [0.5, 0.6) is 5.88 Å². The second-order valence-corrected chi connectivity index (χ2v) is 4.42. The van der Waals surface area contributed by atoms with E-state index in [2.05, 4.69) is 10.3 Å². The summed E-state index contributed by atoms with van der Waals surface area (Å²) in [5, 5.41) is 3.31. The van der Waals surface area contributed by atoms with E-state index >= 15 is 0 Å². The number of ether oxygens (including phenoxy) is 1. The summed E-state index contributed by atoms with van der Waals surface area (Å²) in [6.45, 7) is 4.47. The highest BCUT2D eigenvalue weighted by Gasteiger charge is 2.15. The van der Waals surface area contributed by atoms with Crippen molar-refractivity contribution < 1.29 is 9.13 Å². The molecular weight excluding hydrogens is 255 g/mol. The van der Waals surface area contributed by atoms with Crippen molar-refractivity contribution in [2.24, 2.45) is 0 Å². The Kier molecular flexibility index (Phi) is 4.93. The molecule has 2 aromatic rings. The van der Waals surface area contributed by atoms with Gasteiger partial charge in [0.2, 0.25) is 5.88 Å². The summed E-state index contributed by atoms with van der Waals surface area (Å²) >= 11 is 0. The van der Waals surface area contributed by atoms with Crippen molar-refractivity contribution in [3.63, 3.8) is 0 Å². The molecule has 106 valence electrons. The third kappa shape index (κ3) is 3.26. The molecule has 1 aromatic heterocycles. The van der Waals surface area contributed by atoms with E-state index in [1.54, 1.807) is 18.3 Å². The average Bonchev–Trinajstić information content (AvgIpc) is 2.47. The van der Waals surface area contributed by atoms with Crippen LogP contribution in [0.1, 0.15) is 31.9 Å². The highest BCUT2D eigenvalue weighted by Crippen LogP contribution is 2.29. The number of hydrogen-bond donors (Lipinski definition) is 1. The lowest BCUT2D eigenvalue weighted by molar-refractivity contribution is 0.328. The van der Waals surface area contributed by atoms with Crippen molar-refractivity contribution in [2.75, 3.05) is 11.9 Å². The largest absolute Gasteiger partial charge is 0.476 e. The fourth-order valence-corrected chi connectivity index (χ4v) is 2.10. The zero-order chi connectivity index (χ0) is 14.4. The molecule has 2 rings (SSSR count). The minimum atomic E-state index is -0.200. The Hall–Kier alpha value is -2.10. The van der Waals surface area contributed by atoms with Crippen LogP contribution in [0.25, 0.3) is 0 Å². The first-order chi connectivity index (χ1) is 9.76. The van der Waals surface area contributed by atoms with Crippen LogP contribution in [0, 0.1) is 5.82 Å². The molecule has 0 fully saturated rings. The van der Waals surface area contributed by atoms with Crippen LogP contribution in [-0.2, 0) is 0 Å². The molecule has 20 heavy (non-hydrogen) atoms. The van der Waals surface area contributed by atoms with E-state index in [0.29, 0.717) is 18.1 Å². The highest BCUT2D eigenvalue weighted by atomic mass is 19.1. The van der Waals surface area contributed by atoms with Gasteiger partial charge in [-0.05, 0) is 31.5 Å². The van der Waals surface area contributed by atoms with Gasteiger partial charge in [0, 0.05) is 11.8 Å². The molecule has 1 aromatic carbocycles. The van der Waals surface area contributed by atoms with E-state index < -0.39 is 0 Å². The van der Waals surface area contributed by atoms with Crippen LogP contribution in [0.2, 0.25) is 0 Å². The van der Waals surface area contributed by atoms with E-state index in [4.69, 9.17) is 4.74 Å². The molecule has 0 saturated heterocycles. The lowest BCUT2D eigenvalue weighted by Crippen LogP contribution is -2.12. The van der Waals surface area contributed by atoms with Crippen molar-refractivity contribution >= 4 is 5.69 Å². The van der Waals surface area contributed by atoms with Crippen molar-refractivity contribution in [3.05, 3.63) is 54.0 Å². The number of rotatable bonds is 6. The maximum Gasteiger partial charge on any atom is 0.237 e. The van der Waals surface area contributed by atoms with Gasteiger partial charge in [0.05, 0.1) is 18.3 Å². The van der Waals surface area contributed by atoms with Crippen LogP contribution in [0.4, 0.5) is 10.1 Å². The molecule has 0 amide bonds. The van der Waals surface area contributed by atoms with Gasteiger partial charge in [0.1, 0.15) is 5.82 Å². The van der Waals surface area contributed by atoms with Gasteiger partial charge >= 0.3 is 0 Å².